The van der Waals surface area contributed by atoms with Crippen molar-refractivity contribution >= 4 is 11.5 Å². The largest absolute Gasteiger partial charge is 0.390 e. The molecule has 0 saturated heterocycles. The molecule has 56 valence electrons. The highest BCUT2D eigenvalue weighted by Gasteiger charge is 2.09. The van der Waals surface area contributed by atoms with E-state index in [9.17, 15) is 0 Å². The van der Waals surface area contributed by atoms with Crippen LogP contribution in [0.3, 0.4) is 0 Å². The van der Waals surface area contributed by atoms with Gasteiger partial charge in [0.15, 0.2) is 0 Å². The Morgan fingerprint density at radius 2 is 2.30 bits per heavy atom. The minimum Gasteiger partial charge on any atom is -0.390 e. The number of aliphatic hydroxyl groups is 1. The Bertz CT molecular complexity index is 185. The molecule has 0 atom stereocenters. The summed E-state index contributed by atoms with van der Waals surface area (Å²) in [5, 5.41) is 16.3. The van der Waals surface area contributed by atoms with Crippen molar-refractivity contribution in [3.05, 3.63) is 0 Å². The molecule has 0 radical (unpaired) electrons. The molecule has 1 heterocycles. The van der Waals surface area contributed by atoms with Gasteiger partial charge in [-0.15, -0.1) is 5.10 Å². The van der Waals surface area contributed by atoms with E-state index in [4.69, 9.17) is 5.11 Å². The molecular formula is C6H11N3O. The van der Waals surface area contributed by atoms with Gasteiger partial charge in [0.05, 0.1) is 18.9 Å². The molecule has 1 rings (SSSR count). The van der Waals surface area contributed by atoms with Crippen LogP contribution in [-0.2, 0) is 0 Å². The lowest BCUT2D eigenvalue weighted by molar-refractivity contribution is 0.350. The molecule has 0 aromatic heterocycles. The molecule has 0 saturated carbocycles. The number of hydrogen-bond donors (Lipinski definition) is 1. The van der Waals surface area contributed by atoms with Crippen molar-refractivity contribution in [2.24, 2.45) is 10.2 Å². The zero-order valence-corrected chi connectivity index (χ0v) is 6.20. The maximum absolute atomic E-state index is 8.67. The summed E-state index contributed by atoms with van der Waals surface area (Å²) >= 11 is 0. The van der Waals surface area contributed by atoms with Crippen molar-refractivity contribution in [1.29, 1.82) is 0 Å². The van der Waals surface area contributed by atoms with Crippen LogP contribution in [-0.4, -0.2) is 41.8 Å². The van der Waals surface area contributed by atoms with Crippen LogP contribution in [0.5, 0.6) is 0 Å². The summed E-state index contributed by atoms with van der Waals surface area (Å²) in [4.78, 5) is 1.94. The van der Waals surface area contributed by atoms with E-state index < -0.39 is 0 Å². The Hall–Kier alpha value is -0.900. The quantitative estimate of drug-likeness (QED) is 0.545. The summed E-state index contributed by atoms with van der Waals surface area (Å²) in [7, 11) is 1.92. The first-order valence-corrected chi connectivity index (χ1v) is 3.16. The second-order valence-corrected chi connectivity index (χ2v) is 2.33. The Labute approximate surface area is 59.9 Å². The number of nitrogens with zero attached hydrogens (tertiary/aromatic N) is 3. The summed E-state index contributed by atoms with van der Waals surface area (Å²) in [6.07, 6.45) is 0. The highest BCUT2D eigenvalue weighted by atomic mass is 16.3. The van der Waals surface area contributed by atoms with Crippen LogP contribution in [0.4, 0.5) is 0 Å². The summed E-state index contributed by atoms with van der Waals surface area (Å²) in [5.74, 6) is 0.886. The van der Waals surface area contributed by atoms with Gasteiger partial charge in [-0.2, -0.15) is 5.10 Å². The fraction of sp³-hybridized carbons (Fsp3) is 0.667. The van der Waals surface area contributed by atoms with E-state index in [0.29, 0.717) is 12.3 Å². The van der Waals surface area contributed by atoms with Crippen LogP contribution in [0.2, 0.25) is 0 Å². The van der Waals surface area contributed by atoms with Crippen molar-refractivity contribution in [2.75, 3.05) is 20.2 Å². The minimum absolute atomic E-state index is 0.00111. The van der Waals surface area contributed by atoms with Crippen molar-refractivity contribution in [2.45, 2.75) is 6.92 Å². The van der Waals surface area contributed by atoms with E-state index in [1.165, 1.54) is 0 Å². The Morgan fingerprint density at radius 1 is 1.60 bits per heavy atom. The van der Waals surface area contributed by atoms with Gasteiger partial charge in [-0.25, -0.2) is 0 Å². The zero-order valence-electron chi connectivity index (χ0n) is 6.20. The highest BCUT2D eigenvalue weighted by Crippen LogP contribution is 1.96. The lowest BCUT2D eigenvalue weighted by Gasteiger charge is -2.20. The summed E-state index contributed by atoms with van der Waals surface area (Å²) in [6, 6.07) is 0. The Morgan fingerprint density at radius 3 is 2.80 bits per heavy atom. The molecular weight excluding hydrogens is 130 g/mol. The molecule has 1 aliphatic heterocycles. The maximum Gasteiger partial charge on any atom is 0.124 e. The van der Waals surface area contributed by atoms with E-state index in [1.807, 2.05) is 18.9 Å². The summed E-state index contributed by atoms with van der Waals surface area (Å²) in [5.41, 5.74) is 0.716. The second-order valence-electron chi connectivity index (χ2n) is 2.33. The van der Waals surface area contributed by atoms with Gasteiger partial charge >= 0.3 is 0 Å². The Kier molecular flexibility index (Phi) is 2.01. The van der Waals surface area contributed by atoms with Gasteiger partial charge in [0.25, 0.3) is 0 Å². The molecule has 0 spiro atoms. The third-order valence-electron chi connectivity index (χ3n) is 1.49. The minimum atomic E-state index is 0.00111. The molecule has 0 bridgehead atoms. The van der Waals surface area contributed by atoms with Gasteiger partial charge in [-0.05, 0) is 6.92 Å². The number of rotatable bonds is 1. The van der Waals surface area contributed by atoms with Crippen molar-refractivity contribution in [3.63, 3.8) is 0 Å². The van der Waals surface area contributed by atoms with Gasteiger partial charge in [0.2, 0.25) is 0 Å². The number of hydrogen-bond acceptors (Lipinski definition) is 4. The van der Waals surface area contributed by atoms with E-state index >= 15 is 0 Å². The fourth-order valence-corrected chi connectivity index (χ4v) is 0.721. The molecule has 0 fully saturated rings. The van der Waals surface area contributed by atoms with Crippen LogP contribution < -0.4 is 0 Å². The maximum atomic E-state index is 8.67. The standard InChI is InChI=1S/C6H11N3O/c1-5-7-8-6(4-10)3-9(5)2/h10H,3-4H2,1-2H3. The molecule has 4 heteroatoms. The van der Waals surface area contributed by atoms with Gasteiger partial charge in [-0.1, -0.05) is 0 Å². The highest BCUT2D eigenvalue weighted by molar-refractivity contribution is 5.94. The van der Waals surface area contributed by atoms with Crippen LogP contribution in [0.25, 0.3) is 0 Å². The van der Waals surface area contributed by atoms with Crippen molar-refractivity contribution in [1.82, 2.24) is 4.90 Å². The predicted molar refractivity (Wildman–Crippen MR) is 40.3 cm³/mol. The first-order valence-electron chi connectivity index (χ1n) is 3.16. The van der Waals surface area contributed by atoms with Crippen LogP contribution in [0.15, 0.2) is 10.2 Å². The lowest BCUT2D eigenvalue weighted by Crippen LogP contribution is -2.34. The van der Waals surface area contributed by atoms with Crippen LogP contribution in [0, 0.1) is 0 Å². The SMILES string of the molecule is CC1=NN=C(CO)CN1C. The lowest BCUT2D eigenvalue weighted by atomic mass is 10.3. The zero-order chi connectivity index (χ0) is 7.56. The van der Waals surface area contributed by atoms with Crippen molar-refractivity contribution in [3.8, 4) is 0 Å². The molecule has 0 aromatic rings. The summed E-state index contributed by atoms with van der Waals surface area (Å²) in [6.45, 7) is 2.57. The number of amidine groups is 1. The molecule has 10 heavy (non-hydrogen) atoms. The molecule has 0 aliphatic carbocycles. The smallest absolute Gasteiger partial charge is 0.124 e. The Balaban J connectivity index is 2.68. The van der Waals surface area contributed by atoms with Crippen LogP contribution in [0.1, 0.15) is 6.92 Å². The summed E-state index contributed by atoms with van der Waals surface area (Å²) < 4.78 is 0. The fourth-order valence-electron chi connectivity index (χ4n) is 0.721. The van der Waals surface area contributed by atoms with E-state index in [2.05, 4.69) is 10.2 Å². The molecule has 1 aliphatic rings. The molecule has 0 amide bonds. The second kappa shape index (κ2) is 2.79. The predicted octanol–water partition coefficient (Wildman–Crippen LogP) is -0.301. The van der Waals surface area contributed by atoms with E-state index in [1.54, 1.807) is 0 Å². The normalized spacial score (nSPS) is 18.5. The van der Waals surface area contributed by atoms with E-state index in [0.717, 1.165) is 5.84 Å². The molecule has 0 unspecified atom stereocenters. The topological polar surface area (TPSA) is 48.2 Å². The van der Waals surface area contributed by atoms with E-state index in [-0.39, 0.29) is 6.61 Å². The van der Waals surface area contributed by atoms with Gasteiger partial charge < -0.3 is 10.0 Å². The van der Waals surface area contributed by atoms with Crippen LogP contribution >= 0.6 is 0 Å². The third-order valence-corrected chi connectivity index (χ3v) is 1.49. The first kappa shape index (κ1) is 7.21. The van der Waals surface area contributed by atoms with Gasteiger partial charge in [0, 0.05) is 7.05 Å². The molecule has 0 aromatic carbocycles. The molecule has 4 nitrogen and oxygen atoms in total. The monoisotopic (exact) mass is 141 g/mol. The van der Waals surface area contributed by atoms with Gasteiger partial charge in [0.1, 0.15) is 5.84 Å². The number of aliphatic hydroxyl groups excluding tert-OH is 1. The first-order chi connectivity index (χ1) is 4.74. The average molecular weight is 141 g/mol. The van der Waals surface area contributed by atoms with Gasteiger partial charge in [-0.3, -0.25) is 0 Å². The third kappa shape index (κ3) is 1.33. The average Bonchev–Trinajstić information content (AvgIpc) is 1.95. The van der Waals surface area contributed by atoms with Crippen molar-refractivity contribution < 1.29 is 5.11 Å². The molecule has 1 N–H and O–H groups in total.